The molecule has 6 nitrogen and oxygen atoms in total. The second-order valence-electron chi connectivity index (χ2n) is 7.88. The summed E-state index contributed by atoms with van der Waals surface area (Å²) in [5, 5.41) is 15.0. The predicted octanol–water partition coefficient (Wildman–Crippen LogP) is 2.87. The van der Waals surface area contributed by atoms with Crippen molar-refractivity contribution in [1.82, 2.24) is 10.6 Å². The number of hydrogen-bond acceptors (Lipinski definition) is 4. The molecule has 1 rings (SSSR count). The van der Waals surface area contributed by atoms with Gasteiger partial charge in [-0.1, -0.05) is 25.4 Å². The van der Waals surface area contributed by atoms with E-state index in [0.717, 1.165) is 6.07 Å². The van der Waals surface area contributed by atoms with Crippen LogP contribution in [0.15, 0.2) is 18.2 Å². The van der Waals surface area contributed by atoms with E-state index in [-0.39, 0.29) is 42.1 Å². The van der Waals surface area contributed by atoms with Crippen LogP contribution < -0.4 is 10.6 Å². The minimum atomic E-state index is -1.25. The normalized spacial score (nSPS) is 13.2. The van der Waals surface area contributed by atoms with Crippen LogP contribution in [-0.4, -0.2) is 41.9 Å². The molecule has 0 bridgehead atoms. The Morgan fingerprint density at radius 3 is 2.48 bits per heavy atom. The van der Waals surface area contributed by atoms with Gasteiger partial charge in [-0.3, -0.25) is 9.59 Å². The number of ether oxygens (including phenoxy) is 1. The number of aliphatic hydroxyl groups is 1. The quantitative estimate of drug-likeness (QED) is 0.554. The van der Waals surface area contributed by atoms with E-state index in [1.807, 2.05) is 13.8 Å². The Hall–Kier alpha value is -1.70. The molecule has 8 heteroatoms. The molecule has 27 heavy (non-hydrogen) atoms. The Bertz CT molecular complexity index is 674. The van der Waals surface area contributed by atoms with Crippen LogP contribution >= 0.6 is 11.6 Å². The number of nitrogens with one attached hydrogen (secondary N) is 2. The van der Waals surface area contributed by atoms with E-state index in [0.29, 0.717) is 0 Å². The second-order valence-corrected chi connectivity index (χ2v) is 8.29. The van der Waals surface area contributed by atoms with Gasteiger partial charge in [-0.2, -0.15) is 0 Å². The third-order valence-electron chi connectivity index (χ3n) is 3.62. The van der Waals surface area contributed by atoms with E-state index in [2.05, 4.69) is 10.6 Å². The first-order valence-corrected chi connectivity index (χ1v) is 9.06. The molecular formula is C19H28ClFN2O4. The van der Waals surface area contributed by atoms with Crippen molar-refractivity contribution in [3.63, 3.8) is 0 Å². The summed E-state index contributed by atoms with van der Waals surface area (Å²) in [7, 11) is 0. The number of carbonyl (C=O) groups is 2. The Morgan fingerprint density at radius 2 is 1.93 bits per heavy atom. The molecule has 152 valence electrons. The average Bonchev–Trinajstić information content (AvgIpc) is 2.53. The zero-order valence-corrected chi connectivity index (χ0v) is 17.1. The smallest absolute Gasteiger partial charge is 0.251 e. The van der Waals surface area contributed by atoms with Crippen molar-refractivity contribution >= 4 is 23.4 Å². The zero-order chi connectivity index (χ0) is 20.8. The number of hydrogen-bond donors (Lipinski definition) is 3. The standard InChI is InChI=1S/C19H28ClFN2O4/c1-12(23-17(25)13-6-7-15(21)14(20)8-13)10-22-16(24)9-18(2,3)11-27-19(4,5)26/h6-8,12,26H,9-11H2,1-5H3,(H,22,24)(H,23,25)/t12-/m0/s1. The summed E-state index contributed by atoms with van der Waals surface area (Å²) in [6.45, 7) is 8.99. The van der Waals surface area contributed by atoms with E-state index in [9.17, 15) is 19.1 Å². The van der Waals surface area contributed by atoms with E-state index in [4.69, 9.17) is 16.3 Å². The first kappa shape index (κ1) is 23.3. The van der Waals surface area contributed by atoms with Crippen molar-refractivity contribution in [1.29, 1.82) is 0 Å². The summed E-state index contributed by atoms with van der Waals surface area (Å²) in [6, 6.07) is 3.39. The minimum Gasteiger partial charge on any atom is -0.366 e. The van der Waals surface area contributed by atoms with E-state index in [1.165, 1.54) is 26.0 Å². The molecule has 3 N–H and O–H groups in total. The summed E-state index contributed by atoms with van der Waals surface area (Å²) >= 11 is 5.67. The Morgan fingerprint density at radius 1 is 1.30 bits per heavy atom. The van der Waals surface area contributed by atoms with E-state index < -0.39 is 22.9 Å². The predicted molar refractivity (Wildman–Crippen MR) is 102 cm³/mol. The first-order valence-electron chi connectivity index (χ1n) is 8.68. The van der Waals surface area contributed by atoms with Crippen molar-refractivity contribution < 1.29 is 23.8 Å². The molecule has 0 aliphatic carbocycles. The number of benzene rings is 1. The molecule has 0 aliphatic heterocycles. The highest BCUT2D eigenvalue weighted by Crippen LogP contribution is 2.22. The van der Waals surface area contributed by atoms with Gasteiger partial charge in [0.05, 0.1) is 11.6 Å². The molecule has 0 radical (unpaired) electrons. The molecule has 1 atom stereocenters. The fraction of sp³-hybridized carbons (Fsp3) is 0.579. The van der Waals surface area contributed by atoms with Gasteiger partial charge in [0, 0.05) is 24.6 Å². The zero-order valence-electron chi connectivity index (χ0n) is 16.4. The molecule has 0 saturated heterocycles. The average molecular weight is 403 g/mol. The molecule has 0 unspecified atom stereocenters. The SMILES string of the molecule is C[C@@H](CNC(=O)CC(C)(C)COC(C)(C)O)NC(=O)c1ccc(F)c(Cl)c1. The molecule has 0 aliphatic rings. The Labute approximate surface area is 164 Å². The Balaban J connectivity index is 2.44. The van der Waals surface area contributed by atoms with Gasteiger partial charge < -0.3 is 20.5 Å². The number of carbonyl (C=O) groups excluding carboxylic acids is 2. The van der Waals surface area contributed by atoms with E-state index in [1.54, 1.807) is 6.92 Å². The lowest BCUT2D eigenvalue weighted by Gasteiger charge is -2.28. The molecular weight excluding hydrogens is 375 g/mol. The van der Waals surface area contributed by atoms with E-state index >= 15 is 0 Å². The second kappa shape index (κ2) is 9.48. The van der Waals surface area contributed by atoms with Crippen LogP contribution in [0.5, 0.6) is 0 Å². The van der Waals surface area contributed by atoms with Crippen molar-refractivity contribution in [2.75, 3.05) is 13.2 Å². The van der Waals surface area contributed by atoms with Crippen molar-refractivity contribution in [3.05, 3.63) is 34.6 Å². The van der Waals surface area contributed by atoms with Gasteiger partial charge in [0.2, 0.25) is 5.91 Å². The maximum atomic E-state index is 13.2. The fourth-order valence-electron chi connectivity index (χ4n) is 2.18. The van der Waals surface area contributed by atoms with Crippen molar-refractivity contribution in [2.45, 2.75) is 52.9 Å². The van der Waals surface area contributed by atoms with Gasteiger partial charge in [0.1, 0.15) is 5.82 Å². The summed E-state index contributed by atoms with van der Waals surface area (Å²) in [5.41, 5.74) is -0.217. The number of rotatable bonds is 9. The maximum Gasteiger partial charge on any atom is 0.251 e. The summed E-state index contributed by atoms with van der Waals surface area (Å²) < 4.78 is 18.5. The van der Waals surface area contributed by atoms with Gasteiger partial charge >= 0.3 is 0 Å². The highest BCUT2D eigenvalue weighted by molar-refractivity contribution is 6.31. The molecule has 2 amide bonds. The minimum absolute atomic E-state index is 0.126. The topological polar surface area (TPSA) is 87.7 Å². The van der Waals surface area contributed by atoms with Gasteiger partial charge in [0.15, 0.2) is 5.79 Å². The molecule has 0 heterocycles. The van der Waals surface area contributed by atoms with Crippen LogP contribution in [0.25, 0.3) is 0 Å². The maximum absolute atomic E-state index is 13.2. The van der Waals surface area contributed by atoms with Gasteiger partial charge in [-0.25, -0.2) is 4.39 Å². The van der Waals surface area contributed by atoms with Crippen LogP contribution in [-0.2, 0) is 9.53 Å². The number of halogens is 2. The van der Waals surface area contributed by atoms with Crippen LogP contribution in [0.3, 0.4) is 0 Å². The summed E-state index contributed by atoms with van der Waals surface area (Å²) in [4.78, 5) is 24.3. The number of amides is 2. The summed E-state index contributed by atoms with van der Waals surface area (Å²) in [6.07, 6.45) is 0.206. The lowest BCUT2D eigenvalue weighted by Crippen LogP contribution is -2.43. The summed E-state index contributed by atoms with van der Waals surface area (Å²) in [5.74, 6) is -2.44. The van der Waals surface area contributed by atoms with Crippen molar-refractivity contribution in [2.24, 2.45) is 5.41 Å². The van der Waals surface area contributed by atoms with Crippen LogP contribution in [0, 0.1) is 11.2 Å². The lowest BCUT2D eigenvalue weighted by atomic mass is 9.90. The molecule has 0 fully saturated rings. The third-order valence-corrected chi connectivity index (χ3v) is 3.91. The Kier molecular flexibility index (Phi) is 8.20. The largest absolute Gasteiger partial charge is 0.366 e. The van der Waals surface area contributed by atoms with Gasteiger partial charge in [-0.05, 0) is 44.4 Å². The highest BCUT2D eigenvalue weighted by Gasteiger charge is 2.26. The van der Waals surface area contributed by atoms with Crippen LogP contribution in [0.1, 0.15) is 51.4 Å². The monoisotopic (exact) mass is 402 g/mol. The molecule has 1 aromatic rings. The van der Waals surface area contributed by atoms with Gasteiger partial charge in [-0.15, -0.1) is 0 Å². The van der Waals surface area contributed by atoms with Crippen molar-refractivity contribution in [3.8, 4) is 0 Å². The highest BCUT2D eigenvalue weighted by atomic mass is 35.5. The molecule has 0 aromatic heterocycles. The molecule has 1 aromatic carbocycles. The fourth-order valence-corrected chi connectivity index (χ4v) is 2.36. The molecule has 0 spiro atoms. The molecule has 0 saturated carbocycles. The van der Waals surface area contributed by atoms with Crippen LogP contribution in [0.4, 0.5) is 4.39 Å². The van der Waals surface area contributed by atoms with Crippen LogP contribution in [0.2, 0.25) is 5.02 Å². The third kappa shape index (κ3) is 9.17. The van der Waals surface area contributed by atoms with Gasteiger partial charge in [0.25, 0.3) is 5.91 Å². The lowest BCUT2D eigenvalue weighted by molar-refractivity contribution is -0.192. The first-order chi connectivity index (χ1) is 12.3.